The second-order valence-corrected chi connectivity index (χ2v) is 7.30. The molecule has 0 bridgehead atoms. The van der Waals surface area contributed by atoms with Crippen LogP contribution in [0, 0.1) is 13.8 Å². The van der Waals surface area contributed by atoms with Crippen molar-refractivity contribution < 1.29 is 5.11 Å². The van der Waals surface area contributed by atoms with E-state index in [9.17, 15) is 5.11 Å². The maximum absolute atomic E-state index is 11.8. The lowest BCUT2D eigenvalue weighted by molar-refractivity contribution is 0.119. The molecule has 0 fully saturated rings. The summed E-state index contributed by atoms with van der Waals surface area (Å²) in [5.74, 6) is 0. The third kappa shape index (κ3) is 2.81. The quantitative estimate of drug-likeness (QED) is 0.452. The maximum atomic E-state index is 11.8. The number of nitrogens with two attached hydrogens (primary N) is 1. The number of allylic oxidation sites excluding steroid dienone is 1. The summed E-state index contributed by atoms with van der Waals surface area (Å²) in [7, 11) is 0. The zero-order chi connectivity index (χ0) is 16.6. The number of benzene rings is 2. The zero-order valence-corrected chi connectivity index (χ0v) is 15.3. The number of alkyl halides is 1. The van der Waals surface area contributed by atoms with E-state index in [1.165, 1.54) is 0 Å². The molecule has 3 rings (SSSR count). The Morgan fingerprint density at radius 3 is 2.57 bits per heavy atom. The second kappa shape index (κ2) is 6.09. The number of aryl methyl sites for hydroxylation is 1. The van der Waals surface area contributed by atoms with Gasteiger partial charge in [0.1, 0.15) is 0 Å². The van der Waals surface area contributed by atoms with Crippen molar-refractivity contribution in [3.63, 3.8) is 0 Å². The van der Waals surface area contributed by atoms with E-state index in [2.05, 4.69) is 27.6 Å². The Bertz CT molecular complexity index is 813. The third-order valence-electron chi connectivity index (χ3n) is 4.34. The average molecular weight is 418 g/mol. The molecule has 0 radical (unpaired) electrons. The summed E-state index contributed by atoms with van der Waals surface area (Å²) in [5, 5.41) is 11.8. The maximum Gasteiger partial charge on any atom is 0.157 e. The second-order valence-electron chi connectivity index (χ2n) is 5.86. The largest absolute Gasteiger partial charge is 0.399 e. The summed E-state index contributed by atoms with van der Waals surface area (Å²) in [6.45, 7) is 4.08. The Kier molecular flexibility index (Phi) is 4.29. The van der Waals surface area contributed by atoms with E-state index in [0.717, 1.165) is 22.3 Å². The van der Waals surface area contributed by atoms with Crippen molar-refractivity contribution >= 4 is 34.5 Å². The molecule has 3 N–H and O–H groups in total. The molecule has 1 heterocycles. The van der Waals surface area contributed by atoms with Crippen LogP contribution in [0.3, 0.4) is 0 Å². The van der Waals surface area contributed by atoms with Crippen LogP contribution in [0.4, 0.5) is 5.69 Å². The lowest BCUT2D eigenvalue weighted by Gasteiger charge is -2.31. The SMILES string of the molecule is Cc1cccc(C(O)(C2=CC(I)C=N2)c2cccc(N)c2)c1C. The van der Waals surface area contributed by atoms with Crippen molar-refractivity contribution in [1.29, 1.82) is 0 Å². The highest BCUT2D eigenvalue weighted by Crippen LogP contribution is 2.41. The minimum absolute atomic E-state index is 0.181. The molecule has 118 valence electrons. The highest BCUT2D eigenvalue weighted by molar-refractivity contribution is 14.1. The molecule has 0 aromatic heterocycles. The molecule has 1 aliphatic rings. The standard InChI is InChI=1S/C19H19IN2O/c1-12-5-3-8-17(13(12)2)19(23,18-10-15(20)11-22-18)14-6-4-7-16(21)9-14/h3-11,15,23H,21H2,1-2H3. The molecule has 0 aliphatic carbocycles. The minimum Gasteiger partial charge on any atom is -0.399 e. The Balaban J connectivity index is 2.29. The van der Waals surface area contributed by atoms with Crippen molar-refractivity contribution in [1.82, 2.24) is 0 Å². The third-order valence-corrected chi connectivity index (χ3v) is 5.02. The first-order valence-electron chi connectivity index (χ1n) is 7.48. The van der Waals surface area contributed by atoms with Gasteiger partial charge in [0.15, 0.2) is 5.60 Å². The van der Waals surface area contributed by atoms with E-state index >= 15 is 0 Å². The van der Waals surface area contributed by atoms with Crippen molar-refractivity contribution in [2.24, 2.45) is 4.99 Å². The molecule has 0 saturated carbocycles. The number of nitrogens with zero attached hydrogens (tertiary/aromatic N) is 1. The Labute approximate surface area is 150 Å². The molecule has 0 spiro atoms. The van der Waals surface area contributed by atoms with E-state index in [4.69, 9.17) is 5.73 Å². The molecule has 3 nitrogen and oxygen atoms in total. The fourth-order valence-corrected chi connectivity index (χ4v) is 3.45. The highest BCUT2D eigenvalue weighted by Gasteiger charge is 2.39. The molecule has 2 aromatic rings. The number of halogens is 1. The van der Waals surface area contributed by atoms with E-state index in [0.29, 0.717) is 11.4 Å². The van der Waals surface area contributed by atoms with Gasteiger partial charge < -0.3 is 10.8 Å². The van der Waals surface area contributed by atoms with Crippen LogP contribution < -0.4 is 5.73 Å². The van der Waals surface area contributed by atoms with Gasteiger partial charge in [-0.15, -0.1) is 0 Å². The number of aliphatic imine (C=N–C) groups is 1. The molecule has 0 amide bonds. The molecule has 4 heteroatoms. The van der Waals surface area contributed by atoms with Crippen molar-refractivity contribution in [3.8, 4) is 0 Å². The minimum atomic E-state index is -1.30. The number of hydrogen-bond acceptors (Lipinski definition) is 3. The zero-order valence-electron chi connectivity index (χ0n) is 13.1. The highest BCUT2D eigenvalue weighted by atomic mass is 127. The van der Waals surface area contributed by atoms with Gasteiger partial charge in [0.2, 0.25) is 0 Å². The van der Waals surface area contributed by atoms with Crippen LogP contribution in [0.2, 0.25) is 0 Å². The van der Waals surface area contributed by atoms with Gasteiger partial charge in [-0.1, -0.05) is 52.9 Å². The molecule has 2 unspecified atom stereocenters. The van der Waals surface area contributed by atoms with Gasteiger partial charge in [0.05, 0.1) is 9.62 Å². The number of rotatable bonds is 3. The van der Waals surface area contributed by atoms with Crippen LogP contribution >= 0.6 is 22.6 Å². The summed E-state index contributed by atoms with van der Waals surface area (Å²) >= 11 is 2.29. The van der Waals surface area contributed by atoms with E-state index in [1.807, 2.05) is 68.6 Å². The number of aliphatic hydroxyl groups is 1. The van der Waals surface area contributed by atoms with Gasteiger partial charge >= 0.3 is 0 Å². The summed E-state index contributed by atoms with van der Waals surface area (Å²) in [6.07, 6.45) is 3.84. The Morgan fingerprint density at radius 2 is 1.91 bits per heavy atom. The van der Waals surface area contributed by atoms with Crippen LogP contribution in [-0.4, -0.2) is 15.2 Å². The molecule has 2 atom stereocenters. The first-order valence-corrected chi connectivity index (χ1v) is 8.73. The molecule has 23 heavy (non-hydrogen) atoms. The summed E-state index contributed by atoms with van der Waals surface area (Å²) in [5.41, 5.74) is 9.71. The number of anilines is 1. The van der Waals surface area contributed by atoms with E-state index in [-0.39, 0.29) is 3.92 Å². The van der Waals surface area contributed by atoms with Gasteiger partial charge in [0.25, 0.3) is 0 Å². The monoisotopic (exact) mass is 418 g/mol. The van der Waals surface area contributed by atoms with Gasteiger partial charge in [-0.25, -0.2) is 0 Å². The van der Waals surface area contributed by atoms with E-state index < -0.39 is 5.60 Å². The predicted octanol–water partition coefficient (Wildman–Crippen LogP) is 3.89. The fraction of sp³-hybridized carbons (Fsp3) is 0.211. The summed E-state index contributed by atoms with van der Waals surface area (Å²) in [6, 6.07) is 13.4. The lowest BCUT2D eigenvalue weighted by atomic mass is 9.80. The topological polar surface area (TPSA) is 58.6 Å². The molecular formula is C19H19IN2O. The summed E-state index contributed by atoms with van der Waals surface area (Å²) in [4.78, 5) is 4.48. The van der Waals surface area contributed by atoms with Crippen LogP contribution in [0.5, 0.6) is 0 Å². The van der Waals surface area contributed by atoms with Crippen LogP contribution in [0.25, 0.3) is 0 Å². The predicted molar refractivity (Wildman–Crippen MR) is 104 cm³/mol. The van der Waals surface area contributed by atoms with Gasteiger partial charge in [0, 0.05) is 11.9 Å². The molecular weight excluding hydrogens is 399 g/mol. The smallest absolute Gasteiger partial charge is 0.157 e. The molecule has 2 aromatic carbocycles. The van der Waals surface area contributed by atoms with Gasteiger partial charge in [-0.05, 0) is 54.3 Å². The van der Waals surface area contributed by atoms with Crippen LogP contribution in [0.1, 0.15) is 22.3 Å². The fourth-order valence-electron chi connectivity index (χ4n) is 2.95. The van der Waals surface area contributed by atoms with Crippen molar-refractivity contribution in [3.05, 3.63) is 76.5 Å². The van der Waals surface area contributed by atoms with Crippen molar-refractivity contribution in [2.45, 2.75) is 23.4 Å². The van der Waals surface area contributed by atoms with E-state index in [1.54, 1.807) is 0 Å². The number of hydrogen-bond donors (Lipinski definition) is 2. The first-order chi connectivity index (χ1) is 10.9. The molecule has 0 saturated heterocycles. The Hall–Kier alpha value is -1.66. The average Bonchev–Trinajstić information content (AvgIpc) is 2.96. The molecule has 1 aliphatic heterocycles. The Morgan fingerprint density at radius 1 is 1.17 bits per heavy atom. The normalized spacial score (nSPS) is 19.5. The van der Waals surface area contributed by atoms with Gasteiger partial charge in [-0.2, -0.15) is 0 Å². The van der Waals surface area contributed by atoms with Crippen LogP contribution in [-0.2, 0) is 5.60 Å². The summed E-state index contributed by atoms with van der Waals surface area (Å²) < 4.78 is 0.181. The first kappa shape index (κ1) is 16.2. The van der Waals surface area contributed by atoms with Crippen molar-refractivity contribution in [2.75, 3.05) is 5.73 Å². The lowest BCUT2D eigenvalue weighted by Crippen LogP contribution is -2.30. The van der Waals surface area contributed by atoms with Gasteiger partial charge in [-0.3, -0.25) is 4.99 Å². The van der Waals surface area contributed by atoms with Crippen LogP contribution in [0.15, 0.2) is 59.2 Å². The number of nitrogen functional groups attached to an aromatic ring is 1.